The van der Waals surface area contributed by atoms with Crippen molar-refractivity contribution < 1.29 is 0 Å². The van der Waals surface area contributed by atoms with Crippen molar-refractivity contribution in [1.29, 1.82) is 0 Å². The standard InChI is InChI=1S/C21H33N3Si.C18H25N3/c1-22-14-16-24(17-15-22)21-9-12-23(13-10-21)20-7-5-19(6-8-20)11-18-25(2,3)4;1-3-16-4-6-17(7-5-16)20-10-8-18(9-11-20)21-14-12-19(2)13-15-21/h5-8,21H,9-10,12-17H2,1-4H3;1,4-7,18H,8-15H2,2H3. The van der Waals surface area contributed by atoms with Gasteiger partial charge in [-0.25, -0.2) is 0 Å². The van der Waals surface area contributed by atoms with Crippen LogP contribution in [-0.2, 0) is 0 Å². The highest BCUT2D eigenvalue weighted by Gasteiger charge is 2.28. The Kier molecular flexibility index (Phi) is 12.3. The Labute approximate surface area is 281 Å². The molecule has 4 fully saturated rings. The van der Waals surface area contributed by atoms with E-state index in [1.54, 1.807) is 0 Å². The number of nitrogens with zero attached hydrogens (tertiary/aromatic N) is 6. The third-order valence-electron chi connectivity index (χ3n) is 10.3. The van der Waals surface area contributed by atoms with Gasteiger partial charge in [-0.1, -0.05) is 31.5 Å². The molecule has 0 atom stereocenters. The van der Waals surface area contributed by atoms with Crippen molar-refractivity contribution >= 4 is 19.4 Å². The maximum absolute atomic E-state index is 5.42. The Morgan fingerprint density at radius 2 is 0.913 bits per heavy atom. The molecule has 0 saturated carbocycles. The summed E-state index contributed by atoms with van der Waals surface area (Å²) in [5, 5.41) is 0. The predicted molar refractivity (Wildman–Crippen MR) is 200 cm³/mol. The Morgan fingerprint density at radius 3 is 1.26 bits per heavy atom. The van der Waals surface area contributed by atoms with Gasteiger partial charge in [0.25, 0.3) is 0 Å². The number of rotatable bonds is 4. The van der Waals surface area contributed by atoms with E-state index < -0.39 is 8.07 Å². The van der Waals surface area contributed by atoms with Gasteiger partial charge in [-0.05, 0) is 88.3 Å². The molecular weight excluding hydrogens is 581 g/mol. The van der Waals surface area contributed by atoms with Gasteiger partial charge < -0.3 is 19.6 Å². The van der Waals surface area contributed by atoms with Crippen LogP contribution in [0.25, 0.3) is 0 Å². The molecule has 4 aliphatic heterocycles. The zero-order valence-corrected chi connectivity index (χ0v) is 30.3. The first-order valence-corrected chi connectivity index (χ1v) is 21.2. The molecule has 0 bridgehead atoms. The topological polar surface area (TPSA) is 19.4 Å². The van der Waals surface area contributed by atoms with E-state index >= 15 is 0 Å². The second kappa shape index (κ2) is 16.4. The molecule has 0 unspecified atom stereocenters. The van der Waals surface area contributed by atoms with Gasteiger partial charge >= 0.3 is 0 Å². The highest BCUT2D eigenvalue weighted by Crippen LogP contribution is 2.25. The number of terminal acetylenes is 1. The maximum Gasteiger partial charge on any atom is 0.129 e. The monoisotopic (exact) mass is 638 g/mol. The van der Waals surface area contributed by atoms with E-state index in [-0.39, 0.29) is 0 Å². The lowest BCUT2D eigenvalue weighted by Gasteiger charge is -2.42. The van der Waals surface area contributed by atoms with Crippen LogP contribution in [-0.4, -0.2) is 132 Å². The van der Waals surface area contributed by atoms with E-state index in [0.717, 1.165) is 36.3 Å². The fourth-order valence-corrected chi connectivity index (χ4v) is 7.66. The molecule has 7 heteroatoms. The Hall–Kier alpha value is -2.78. The van der Waals surface area contributed by atoms with Crippen molar-refractivity contribution in [2.24, 2.45) is 0 Å². The van der Waals surface area contributed by atoms with Gasteiger partial charge in [0.2, 0.25) is 0 Å². The molecule has 4 saturated heterocycles. The van der Waals surface area contributed by atoms with Gasteiger partial charge in [-0.3, -0.25) is 9.80 Å². The zero-order valence-electron chi connectivity index (χ0n) is 29.3. The SMILES string of the molecule is C#Cc1ccc(N2CCC(N3CCN(C)CC3)CC2)cc1.CN1CCN(C2CCN(c3ccc(C#C[Si](C)(C)C)cc3)CC2)CC1. The number of piperidine rings is 2. The maximum atomic E-state index is 5.42. The number of benzene rings is 2. The summed E-state index contributed by atoms with van der Waals surface area (Å²) in [6.45, 7) is 21.4. The number of hydrogen-bond donors (Lipinski definition) is 0. The van der Waals surface area contributed by atoms with Crippen molar-refractivity contribution in [3.8, 4) is 23.8 Å². The molecule has 0 N–H and O–H groups in total. The molecule has 0 amide bonds. The molecule has 0 spiro atoms. The van der Waals surface area contributed by atoms with E-state index in [1.165, 1.54) is 103 Å². The first-order chi connectivity index (χ1) is 22.2. The van der Waals surface area contributed by atoms with Crippen LogP contribution in [0.2, 0.25) is 19.6 Å². The Morgan fingerprint density at radius 1 is 0.543 bits per heavy atom. The molecule has 2 aromatic carbocycles. The molecule has 6 rings (SSSR count). The van der Waals surface area contributed by atoms with Crippen molar-refractivity contribution in [1.82, 2.24) is 19.6 Å². The average molecular weight is 639 g/mol. The zero-order chi connectivity index (χ0) is 32.5. The fraction of sp³-hybridized carbons (Fsp3) is 0.590. The van der Waals surface area contributed by atoms with Crippen LogP contribution >= 0.6 is 0 Å². The van der Waals surface area contributed by atoms with Gasteiger partial charge in [-0.15, -0.1) is 12.0 Å². The normalized spacial score (nSPS) is 21.6. The van der Waals surface area contributed by atoms with Crippen LogP contribution in [0.15, 0.2) is 48.5 Å². The van der Waals surface area contributed by atoms with Crippen molar-refractivity contribution in [3.05, 3.63) is 59.7 Å². The number of likely N-dealkylation sites (N-methyl/N-ethyl adjacent to an activating group) is 2. The number of piperazine rings is 2. The molecule has 0 aromatic heterocycles. The average Bonchev–Trinajstić information content (AvgIpc) is 3.08. The van der Waals surface area contributed by atoms with E-state index in [4.69, 9.17) is 6.42 Å². The molecule has 4 aliphatic rings. The smallest absolute Gasteiger partial charge is 0.129 e. The van der Waals surface area contributed by atoms with Gasteiger partial charge in [0.1, 0.15) is 8.07 Å². The minimum atomic E-state index is -1.29. The number of hydrogen-bond acceptors (Lipinski definition) is 6. The Bertz CT molecular complexity index is 1300. The lowest BCUT2D eigenvalue weighted by atomic mass is 10.0. The predicted octanol–water partition coefficient (Wildman–Crippen LogP) is 5.02. The minimum Gasteiger partial charge on any atom is -0.371 e. The summed E-state index contributed by atoms with van der Waals surface area (Å²) in [7, 11) is 3.16. The van der Waals surface area contributed by atoms with Crippen LogP contribution < -0.4 is 9.80 Å². The quantitative estimate of drug-likeness (QED) is 0.344. The van der Waals surface area contributed by atoms with Gasteiger partial charge in [-0.2, -0.15) is 0 Å². The third-order valence-corrected chi connectivity index (χ3v) is 11.1. The summed E-state index contributed by atoms with van der Waals surface area (Å²) < 4.78 is 0. The molecule has 248 valence electrons. The molecule has 0 radical (unpaired) electrons. The summed E-state index contributed by atoms with van der Waals surface area (Å²) in [6.07, 6.45) is 10.6. The summed E-state index contributed by atoms with van der Waals surface area (Å²) in [6, 6.07) is 18.9. The van der Waals surface area contributed by atoms with E-state index in [9.17, 15) is 0 Å². The van der Waals surface area contributed by atoms with Gasteiger partial charge in [0.05, 0.1) is 0 Å². The lowest BCUT2D eigenvalue weighted by molar-refractivity contribution is 0.0982. The van der Waals surface area contributed by atoms with Crippen molar-refractivity contribution in [3.63, 3.8) is 0 Å². The van der Waals surface area contributed by atoms with Gasteiger partial charge in [0, 0.05) is 113 Å². The molecule has 46 heavy (non-hydrogen) atoms. The van der Waals surface area contributed by atoms with Crippen LogP contribution in [0.4, 0.5) is 11.4 Å². The van der Waals surface area contributed by atoms with Crippen molar-refractivity contribution in [2.45, 2.75) is 57.4 Å². The minimum absolute atomic E-state index is 0.778. The van der Waals surface area contributed by atoms with E-state index in [1.807, 2.05) is 12.1 Å². The summed E-state index contributed by atoms with van der Waals surface area (Å²) in [5.41, 5.74) is 8.23. The summed E-state index contributed by atoms with van der Waals surface area (Å²) in [4.78, 5) is 15.3. The van der Waals surface area contributed by atoms with Crippen molar-refractivity contribution in [2.75, 3.05) is 102 Å². The van der Waals surface area contributed by atoms with E-state index in [2.05, 4.69) is 117 Å². The molecular formula is C39H58N6Si. The summed E-state index contributed by atoms with van der Waals surface area (Å²) >= 11 is 0. The molecule has 4 heterocycles. The molecule has 0 aliphatic carbocycles. The first kappa shape index (κ1) is 34.5. The highest BCUT2D eigenvalue weighted by molar-refractivity contribution is 6.83. The van der Waals surface area contributed by atoms with E-state index in [0.29, 0.717) is 0 Å². The third kappa shape index (κ3) is 10.1. The molecule has 6 nitrogen and oxygen atoms in total. The summed E-state index contributed by atoms with van der Waals surface area (Å²) in [5.74, 6) is 6.03. The van der Waals surface area contributed by atoms with Crippen LogP contribution in [0, 0.1) is 23.8 Å². The van der Waals surface area contributed by atoms with Gasteiger partial charge in [0.15, 0.2) is 0 Å². The first-order valence-electron chi connectivity index (χ1n) is 17.7. The second-order valence-corrected chi connectivity index (χ2v) is 19.6. The largest absolute Gasteiger partial charge is 0.371 e. The van der Waals surface area contributed by atoms with Crippen LogP contribution in [0.1, 0.15) is 36.8 Å². The fourth-order valence-electron chi connectivity index (χ4n) is 7.14. The van der Waals surface area contributed by atoms with Crippen LogP contribution in [0.3, 0.4) is 0 Å². The second-order valence-electron chi connectivity index (χ2n) is 14.9. The molecule has 2 aromatic rings. The lowest BCUT2D eigenvalue weighted by Crippen LogP contribution is -2.52. The van der Waals surface area contributed by atoms with Crippen LogP contribution in [0.5, 0.6) is 0 Å². The highest BCUT2D eigenvalue weighted by atomic mass is 28.3. The number of anilines is 2. The Balaban J connectivity index is 0.000000184.